The molecule has 3 heterocycles. The van der Waals surface area contributed by atoms with Crippen molar-refractivity contribution in [2.45, 2.75) is 84.2 Å². The number of fused-ring (bicyclic) bond motifs is 1. The van der Waals surface area contributed by atoms with Gasteiger partial charge in [-0.05, 0) is 68.1 Å². The summed E-state index contributed by atoms with van der Waals surface area (Å²) in [6.07, 6.45) is 9.53. The summed E-state index contributed by atoms with van der Waals surface area (Å²) in [7, 11) is 0. The van der Waals surface area contributed by atoms with Crippen molar-refractivity contribution in [1.29, 1.82) is 0 Å². The Morgan fingerprint density at radius 1 is 1.00 bits per heavy atom. The Labute approximate surface area is 173 Å². The van der Waals surface area contributed by atoms with Gasteiger partial charge in [0.05, 0.1) is 12.0 Å². The number of hydrogen-bond acceptors (Lipinski definition) is 4. The molecule has 0 spiro atoms. The fourth-order valence-electron chi connectivity index (χ4n) is 8.78. The molecule has 1 N–H and O–H groups in total. The zero-order valence-electron chi connectivity index (χ0n) is 18.0. The van der Waals surface area contributed by atoms with Crippen molar-refractivity contribution in [3.05, 3.63) is 11.6 Å². The highest BCUT2D eigenvalue weighted by molar-refractivity contribution is 5.83. The normalized spacial score (nSPS) is 41.6. The molecule has 7 rings (SSSR count). The van der Waals surface area contributed by atoms with E-state index in [1.54, 1.807) is 0 Å². The summed E-state index contributed by atoms with van der Waals surface area (Å²) in [5.74, 6) is 3.94. The van der Waals surface area contributed by atoms with E-state index in [9.17, 15) is 4.79 Å². The highest BCUT2D eigenvalue weighted by Crippen LogP contribution is 2.69. The Morgan fingerprint density at radius 2 is 1.72 bits per heavy atom. The van der Waals surface area contributed by atoms with E-state index in [0.717, 1.165) is 82.4 Å². The third kappa shape index (κ3) is 2.81. The van der Waals surface area contributed by atoms with E-state index in [4.69, 9.17) is 0 Å². The zero-order chi connectivity index (χ0) is 19.9. The van der Waals surface area contributed by atoms with Gasteiger partial charge in [-0.2, -0.15) is 0 Å². The molecule has 2 unspecified atom stereocenters. The van der Waals surface area contributed by atoms with E-state index >= 15 is 0 Å². The van der Waals surface area contributed by atoms with Crippen LogP contribution in [0.3, 0.4) is 0 Å². The van der Waals surface area contributed by atoms with E-state index in [1.165, 1.54) is 19.3 Å². The first-order valence-corrected chi connectivity index (χ1v) is 11.8. The number of carbonyl (C=O) groups excluding carboxylic acids is 1. The number of aromatic nitrogens is 3. The minimum absolute atomic E-state index is 0.0601. The molecule has 1 aromatic rings. The second kappa shape index (κ2) is 6.05. The van der Waals surface area contributed by atoms with Crippen LogP contribution >= 0.6 is 0 Å². The molecule has 2 aliphatic heterocycles. The van der Waals surface area contributed by atoms with Gasteiger partial charge < -0.3 is 14.8 Å². The van der Waals surface area contributed by atoms with Crippen LogP contribution in [0.2, 0.25) is 0 Å². The molecule has 2 atom stereocenters. The van der Waals surface area contributed by atoms with Crippen LogP contribution in [-0.2, 0) is 17.9 Å². The van der Waals surface area contributed by atoms with Gasteiger partial charge in [0.1, 0.15) is 11.6 Å². The predicted molar refractivity (Wildman–Crippen MR) is 110 cm³/mol. The van der Waals surface area contributed by atoms with Crippen LogP contribution in [-0.4, -0.2) is 45.2 Å². The van der Waals surface area contributed by atoms with Crippen LogP contribution in [0.4, 0.5) is 0 Å². The standard InChI is InChI=1S/C23H35N5O/c1-21-9-16-10-22(2,13-21)15-23(11-16,14-21)20(29)27-6-3-17(4-7-27)19-26-25-18-12-24-5-8-28(18)19/h16-17,24H,3-15H2,1-2H3. The summed E-state index contributed by atoms with van der Waals surface area (Å²) in [6.45, 7) is 9.51. The minimum atomic E-state index is -0.0601. The lowest BCUT2D eigenvalue weighted by atomic mass is 9.40. The van der Waals surface area contributed by atoms with Gasteiger partial charge in [0.15, 0.2) is 0 Å². The van der Waals surface area contributed by atoms with E-state index in [1.807, 2.05) is 0 Å². The van der Waals surface area contributed by atoms with Gasteiger partial charge in [-0.1, -0.05) is 13.8 Å². The van der Waals surface area contributed by atoms with Crippen molar-refractivity contribution in [3.63, 3.8) is 0 Å². The van der Waals surface area contributed by atoms with Gasteiger partial charge in [0, 0.05) is 32.1 Å². The van der Waals surface area contributed by atoms with Crippen LogP contribution in [0.15, 0.2) is 0 Å². The number of piperidine rings is 1. The van der Waals surface area contributed by atoms with Crippen molar-refractivity contribution >= 4 is 5.91 Å². The average molecular weight is 398 g/mol. The molecule has 6 heteroatoms. The number of nitrogens with zero attached hydrogens (tertiary/aromatic N) is 4. The van der Waals surface area contributed by atoms with Gasteiger partial charge in [-0.3, -0.25) is 4.79 Å². The molecule has 0 radical (unpaired) electrons. The third-order valence-electron chi connectivity index (χ3n) is 8.88. The van der Waals surface area contributed by atoms with Gasteiger partial charge in [-0.25, -0.2) is 0 Å². The summed E-state index contributed by atoms with van der Waals surface area (Å²) < 4.78 is 2.32. The molecule has 5 fully saturated rings. The first kappa shape index (κ1) is 18.3. The zero-order valence-corrected chi connectivity index (χ0v) is 18.0. The Morgan fingerprint density at radius 3 is 2.41 bits per heavy atom. The maximum absolute atomic E-state index is 13.8. The molecule has 6 nitrogen and oxygen atoms in total. The molecule has 0 aromatic carbocycles. The Hall–Kier alpha value is -1.43. The first-order chi connectivity index (χ1) is 13.9. The number of carbonyl (C=O) groups is 1. The fraction of sp³-hybridized carbons (Fsp3) is 0.870. The van der Waals surface area contributed by atoms with Crippen LogP contribution in [0.5, 0.6) is 0 Å². The van der Waals surface area contributed by atoms with E-state index in [2.05, 4.69) is 38.8 Å². The smallest absolute Gasteiger partial charge is 0.228 e. The van der Waals surface area contributed by atoms with Crippen molar-refractivity contribution in [3.8, 4) is 0 Å². The van der Waals surface area contributed by atoms with Crippen LogP contribution < -0.4 is 5.32 Å². The Kier molecular flexibility index (Phi) is 3.83. The lowest BCUT2D eigenvalue weighted by Crippen LogP contribution is -2.60. The van der Waals surface area contributed by atoms with Crippen molar-refractivity contribution in [2.24, 2.45) is 22.2 Å². The Balaban J connectivity index is 1.18. The highest BCUT2D eigenvalue weighted by atomic mass is 16.2. The van der Waals surface area contributed by atoms with E-state index in [0.29, 0.717) is 22.7 Å². The van der Waals surface area contributed by atoms with Gasteiger partial charge >= 0.3 is 0 Å². The first-order valence-electron chi connectivity index (χ1n) is 11.8. The maximum atomic E-state index is 13.8. The predicted octanol–water partition coefficient (Wildman–Crippen LogP) is 3.08. The van der Waals surface area contributed by atoms with Crippen molar-refractivity contribution < 1.29 is 4.79 Å². The molecule has 4 bridgehead atoms. The van der Waals surface area contributed by atoms with Crippen LogP contribution in [0.1, 0.15) is 82.8 Å². The molecular weight excluding hydrogens is 362 g/mol. The quantitative estimate of drug-likeness (QED) is 0.833. The fourth-order valence-corrected chi connectivity index (χ4v) is 8.78. The summed E-state index contributed by atoms with van der Waals surface area (Å²) in [4.78, 5) is 16.1. The van der Waals surface area contributed by atoms with Crippen molar-refractivity contribution in [2.75, 3.05) is 19.6 Å². The van der Waals surface area contributed by atoms with Gasteiger partial charge in [-0.15, -0.1) is 10.2 Å². The third-order valence-corrected chi connectivity index (χ3v) is 8.88. The number of likely N-dealkylation sites (tertiary alicyclic amines) is 1. The summed E-state index contributed by atoms with van der Waals surface area (Å²) >= 11 is 0. The second-order valence-electron chi connectivity index (χ2n) is 11.8. The van der Waals surface area contributed by atoms with E-state index in [-0.39, 0.29) is 5.41 Å². The maximum Gasteiger partial charge on any atom is 0.228 e. The molecule has 1 aromatic heterocycles. The van der Waals surface area contributed by atoms with E-state index < -0.39 is 0 Å². The molecule has 6 aliphatic rings. The minimum Gasteiger partial charge on any atom is -0.342 e. The van der Waals surface area contributed by atoms with Gasteiger partial charge in [0.2, 0.25) is 5.91 Å². The molecule has 158 valence electrons. The molecule has 4 saturated carbocycles. The monoisotopic (exact) mass is 397 g/mol. The summed E-state index contributed by atoms with van der Waals surface area (Å²) in [6, 6.07) is 0. The summed E-state index contributed by atoms with van der Waals surface area (Å²) in [5.41, 5.74) is 0.739. The molecule has 4 aliphatic carbocycles. The Bertz CT molecular complexity index is 820. The molecule has 1 saturated heterocycles. The number of nitrogens with one attached hydrogen (secondary N) is 1. The SMILES string of the molecule is CC12CC3CC(C)(C1)CC(C(=O)N1CCC(c4nnc5n4CCNC5)CC1)(C3)C2. The number of amides is 1. The largest absolute Gasteiger partial charge is 0.342 e. The highest BCUT2D eigenvalue weighted by Gasteiger charge is 2.63. The lowest BCUT2D eigenvalue weighted by molar-refractivity contribution is -0.180. The second-order valence-corrected chi connectivity index (χ2v) is 11.8. The summed E-state index contributed by atoms with van der Waals surface area (Å²) in [5, 5.41) is 12.3. The number of hydrogen-bond donors (Lipinski definition) is 1. The van der Waals surface area contributed by atoms with Crippen molar-refractivity contribution in [1.82, 2.24) is 25.0 Å². The number of rotatable bonds is 2. The molecular formula is C23H35N5O. The van der Waals surface area contributed by atoms with Crippen LogP contribution in [0, 0.1) is 22.2 Å². The lowest BCUT2D eigenvalue weighted by Gasteiger charge is -2.65. The van der Waals surface area contributed by atoms with Gasteiger partial charge in [0.25, 0.3) is 0 Å². The molecule has 29 heavy (non-hydrogen) atoms. The van der Waals surface area contributed by atoms with Crippen LogP contribution in [0.25, 0.3) is 0 Å². The molecule has 1 amide bonds. The topological polar surface area (TPSA) is 63.1 Å². The average Bonchev–Trinajstić information content (AvgIpc) is 3.09.